The fraction of sp³-hybridized carbons (Fsp3) is 1.00. The molecular weight excluding hydrogens is 200 g/mol. The SMILES string of the molecule is CCCN(C1CC1)C(CO)C(N)C(C)(C)C. The average Bonchev–Trinajstić information content (AvgIpc) is 2.99. The summed E-state index contributed by atoms with van der Waals surface area (Å²) in [7, 11) is 0. The number of aliphatic hydroxyl groups is 1. The van der Waals surface area contributed by atoms with Gasteiger partial charge in [-0.15, -0.1) is 0 Å². The molecule has 0 spiro atoms. The van der Waals surface area contributed by atoms with Crippen LogP contribution in [0, 0.1) is 5.41 Å². The maximum Gasteiger partial charge on any atom is 0.0602 e. The Morgan fingerprint density at radius 2 is 1.94 bits per heavy atom. The van der Waals surface area contributed by atoms with Gasteiger partial charge in [-0.25, -0.2) is 0 Å². The van der Waals surface area contributed by atoms with Gasteiger partial charge in [0.15, 0.2) is 0 Å². The van der Waals surface area contributed by atoms with Crippen LogP contribution < -0.4 is 5.73 Å². The topological polar surface area (TPSA) is 49.5 Å². The van der Waals surface area contributed by atoms with Crippen molar-refractivity contribution in [1.29, 1.82) is 0 Å². The third-order valence-electron chi connectivity index (χ3n) is 3.53. The largest absolute Gasteiger partial charge is 0.395 e. The zero-order valence-corrected chi connectivity index (χ0v) is 11.2. The first kappa shape index (κ1) is 13.9. The molecular formula is C13H28N2O. The molecule has 0 radical (unpaired) electrons. The number of nitrogens with zero attached hydrogens (tertiary/aromatic N) is 1. The third-order valence-corrected chi connectivity index (χ3v) is 3.53. The molecule has 0 aromatic heterocycles. The molecule has 1 aliphatic rings. The van der Waals surface area contributed by atoms with E-state index in [4.69, 9.17) is 5.73 Å². The fourth-order valence-corrected chi connectivity index (χ4v) is 2.29. The molecule has 16 heavy (non-hydrogen) atoms. The Bertz CT molecular complexity index is 208. The van der Waals surface area contributed by atoms with Gasteiger partial charge in [-0.1, -0.05) is 27.7 Å². The van der Waals surface area contributed by atoms with Gasteiger partial charge in [0.2, 0.25) is 0 Å². The Morgan fingerprint density at radius 1 is 1.38 bits per heavy atom. The maximum absolute atomic E-state index is 9.61. The highest BCUT2D eigenvalue weighted by Gasteiger charge is 2.38. The number of nitrogens with two attached hydrogens (primary N) is 1. The van der Waals surface area contributed by atoms with Crippen LogP contribution in [0.2, 0.25) is 0 Å². The van der Waals surface area contributed by atoms with Crippen molar-refractivity contribution in [1.82, 2.24) is 4.90 Å². The number of hydrogen-bond acceptors (Lipinski definition) is 3. The van der Waals surface area contributed by atoms with Crippen molar-refractivity contribution in [2.75, 3.05) is 13.2 Å². The number of hydrogen-bond donors (Lipinski definition) is 2. The van der Waals surface area contributed by atoms with Gasteiger partial charge < -0.3 is 10.8 Å². The van der Waals surface area contributed by atoms with Gasteiger partial charge in [0, 0.05) is 18.1 Å². The molecule has 1 fully saturated rings. The van der Waals surface area contributed by atoms with E-state index in [2.05, 4.69) is 32.6 Å². The Morgan fingerprint density at radius 3 is 2.25 bits per heavy atom. The lowest BCUT2D eigenvalue weighted by atomic mass is 9.82. The predicted molar refractivity (Wildman–Crippen MR) is 68.3 cm³/mol. The van der Waals surface area contributed by atoms with Crippen LogP contribution in [0.1, 0.15) is 47.0 Å². The van der Waals surface area contributed by atoms with Crippen molar-refractivity contribution in [2.45, 2.75) is 65.1 Å². The minimum atomic E-state index is 0.0321. The lowest BCUT2D eigenvalue weighted by Crippen LogP contribution is -2.56. The first-order valence-corrected chi connectivity index (χ1v) is 6.54. The third kappa shape index (κ3) is 3.44. The second-order valence-electron chi connectivity index (χ2n) is 6.11. The maximum atomic E-state index is 9.61. The lowest BCUT2D eigenvalue weighted by molar-refractivity contribution is 0.0649. The van der Waals surface area contributed by atoms with Gasteiger partial charge in [-0.3, -0.25) is 4.90 Å². The van der Waals surface area contributed by atoms with Crippen molar-refractivity contribution >= 4 is 0 Å². The van der Waals surface area contributed by atoms with E-state index >= 15 is 0 Å². The van der Waals surface area contributed by atoms with Gasteiger partial charge in [-0.05, 0) is 31.2 Å². The van der Waals surface area contributed by atoms with Gasteiger partial charge in [0.05, 0.1) is 6.61 Å². The molecule has 0 bridgehead atoms. The summed E-state index contributed by atoms with van der Waals surface area (Å²) in [5, 5.41) is 9.61. The minimum Gasteiger partial charge on any atom is -0.395 e. The summed E-state index contributed by atoms with van der Waals surface area (Å²) < 4.78 is 0. The van der Waals surface area contributed by atoms with Crippen LogP contribution in [0.15, 0.2) is 0 Å². The first-order valence-electron chi connectivity index (χ1n) is 6.54. The van der Waals surface area contributed by atoms with Crippen molar-refractivity contribution < 1.29 is 5.11 Å². The highest BCUT2D eigenvalue weighted by Crippen LogP contribution is 2.32. The number of aliphatic hydroxyl groups excluding tert-OH is 1. The normalized spacial score (nSPS) is 21.2. The van der Waals surface area contributed by atoms with Crippen molar-refractivity contribution in [3.63, 3.8) is 0 Å². The fourth-order valence-electron chi connectivity index (χ4n) is 2.29. The second kappa shape index (κ2) is 5.48. The monoisotopic (exact) mass is 228 g/mol. The molecule has 0 amide bonds. The van der Waals surface area contributed by atoms with Crippen molar-refractivity contribution in [3.05, 3.63) is 0 Å². The molecule has 0 aromatic rings. The summed E-state index contributed by atoms with van der Waals surface area (Å²) in [6, 6.07) is 0.822. The van der Waals surface area contributed by atoms with E-state index in [0.717, 1.165) is 13.0 Å². The minimum absolute atomic E-state index is 0.0321. The molecule has 3 heteroatoms. The van der Waals surface area contributed by atoms with E-state index in [1.54, 1.807) is 0 Å². The average molecular weight is 228 g/mol. The number of rotatable bonds is 6. The van der Waals surface area contributed by atoms with E-state index in [0.29, 0.717) is 6.04 Å². The van der Waals surface area contributed by atoms with Crippen LogP contribution in [-0.4, -0.2) is 41.3 Å². The smallest absolute Gasteiger partial charge is 0.0602 e. The molecule has 2 unspecified atom stereocenters. The van der Waals surface area contributed by atoms with E-state index in [-0.39, 0.29) is 24.1 Å². The summed E-state index contributed by atoms with van der Waals surface area (Å²) in [5.41, 5.74) is 6.35. The molecule has 0 saturated heterocycles. The van der Waals surface area contributed by atoms with Gasteiger partial charge in [0.1, 0.15) is 0 Å². The van der Waals surface area contributed by atoms with Gasteiger partial charge >= 0.3 is 0 Å². The summed E-state index contributed by atoms with van der Waals surface area (Å²) in [6.07, 6.45) is 3.67. The van der Waals surface area contributed by atoms with E-state index < -0.39 is 0 Å². The lowest BCUT2D eigenvalue weighted by Gasteiger charge is -2.40. The van der Waals surface area contributed by atoms with Gasteiger partial charge in [-0.2, -0.15) is 0 Å². The quantitative estimate of drug-likeness (QED) is 0.726. The van der Waals surface area contributed by atoms with Crippen LogP contribution in [0.4, 0.5) is 0 Å². The van der Waals surface area contributed by atoms with E-state index in [1.807, 2.05) is 0 Å². The van der Waals surface area contributed by atoms with Crippen molar-refractivity contribution in [3.8, 4) is 0 Å². The summed E-state index contributed by atoms with van der Waals surface area (Å²) >= 11 is 0. The zero-order chi connectivity index (χ0) is 12.3. The Labute approximate surface area is 100 Å². The molecule has 1 saturated carbocycles. The molecule has 0 aromatic carbocycles. The van der Waals surface area contributed by atoms with Crippen LogP contribution in [0.3, 0.4) is 0 Å². The summed E-state index contributed by atoms with van der Waals surface area (Å²) in [6.45, 7) is 9.87. The molecule has 2 atom stereocenters. The highest BCUT2D eigenvalue weighted by molar-refractivity contribution is 4.95. The van der Waals surface area contributed by atoms with Crippen LogP contribution in [-0.2, 0) is 0 Å². The Hall–Kier alpha value is -0.120. The standard InChI is InChI=1S/C13H28N2O/c1-5-8-15(10-6-7-10)11(9-16)12(14)13(2,3)4/h10-12,16H,5-9,14H2,1-4H3. The molecule has 96 valence electrons. The molecule has 1 rings (SSSR count). The Kier molecular flexibility index (Phi) is 4.77. The molecule has 3 nitrogen and oxygen atoms in total. The summed E-state index contributed by atoms with van der Waals surface area (Å²) in [4.78, 5) is 2.43. The molecule has 1 aliphatic carbocycles. The van der Waals surface area contributed by atoms with Crippen LogP contribution in [0.25, 0.3) is 0 Å². The summed E-state index contributed by atoms with van der Waals surface area (Å²) in [5.74, 6) is 0. The molecule has 3 N–H and O–H groups in total. The van der Waals surface area contributed by atoms with Crippen LogP contribution in [0.5, 0.6) is 0 Å². The van der Waals surface area contributed by atoms with E-state index in [1.165, 1.54) is 12.8 Å². The van der Waals surface area contributed by atoms with Crippen LogP contribution >= 0.6 is 0 Å². The van der Waals surface area contributed by atoms with E-state index in [9.17, 15) is 5.11 Å². The molecule has 0 aliphatic heterocycles. The second-order valence-corrected chi connectivity index (χ2v) is 6.11. The highest BCUT2D eigenvalue weighted by atomic mass is 16.3. The Balaban J connectivity index is 2.69. The predicted octanol–water partition coefficient (Wildman–Crippen LogP) is 1.60. The van der Waals surface area contributed by atoms with Gasteiger partial charge in [0.25, 0.3) is 0 Å². The van der Waals surface area contributed by atoms with Crippen molar-refractivity contribution in [2.24, 2.45) is 11.1 Å². The molecule has 0 heterocycles. The zero-order valence-electron chi connectivity index (χ0n) is 11.2. The first-order chi connectivity index (χ1) is 7.41.